The predicted octanol–water partition coefficient (Wildman–Crippen LogP) is 2.77. The molecule has 0 saturated heterocycles. The molecular weight excluding hydrogens is 380 g/mol. The maximum absolute atomic E-state index is 12.8. The van der Waals surface area contributed by atoms with Crippen LogP contribution in [0.4, 0.5) is 0 Å². The lowest BCUT2D eigenvalue weighted by Gasteiger charge is -2.26. The van der Waals surface area contributed by atoms with Crippen LogP contribution in [0.5, 0.6) is 0 Å². The van der Waals surface area contributed by atoms with E-state index in [0.717, 1.165) is 11.1 Å². The van der Waals surface area contributed by atoms with Gasteiger partial charge in [0.2, 0.25) is 0 Å². The zero-order valence-electron chi connectivity index (χ0n) is 14.7. The minimum absolute atomic E-state index is 0. The number of halogens is 1. The van der Waals surface area contributed by atoms with Gasteiger partial charge in [-0.1, -0.05) is 60.7 Å². The van der Waals surface area contributed by atoms with E-state index in [-0.39, 0.29) is 18.1 Å². The van der Waals surface area contributed by atoms with Gasteiger partial charge in [0.1, 0.15) is 0 Å². The van der Waals surface area contributed by atoms with Crippen molar-refractivity contribution in [1.82, 2.24) is 15.3 Å². The fourth-order valence-electron chi connectivity index (χ4n) is 2.78. The van der Waals surface area contributed by atoms with Gasteiger partial charge in [-0.05, 0) is 11.1 Å². The van der Waals surface area contributed by atoms with Crippen LogP contribution in [0, 0.1) is 0 Å². The quantitative estimate of drug-likeness (QED) is 0.587. The van der Waals surface area contributed by atoms with Crippen LogP contribution >= 0.6 is 12.4 Å². The molecule has 0 aliphatic carbocycles. The molecule has 0 unspecified atom stereocenters. The number of carboxylic acids is 1. The van der Waals surface area contributed by atoms with E-state index in [9.17, 15) is 14.7 Å². The first kappa shape index (κ1) is 21.0. The molecule has 3 rings (SSSR count). The lowest BCUT2D eigenvalue weighted by Crippen LogP contribution is -2.37. The van der Waals surface area contributed by atoms with Crippen LogP contribution in [0.1, 0.15) is 44.2 Å². The van der Waals surface area contributed by atoms with Gasteiger partial charge in [-0.2, -0.15) is 0 Å². The molecule has 0 bridgehead atoms. The molecule has 1 amide bonds. The zero-order valence-corrected chi connectivity index (χ0v) is 15.5. The number of carbonyl (C=O) groups excluding carboxylic acids is 1. The van der Waals surface area contributed by atoms with E-state index in [2.05, 4.69) is 15.3 Å². The summed E-state index contributed by atoms with van der Waals surface area (Å²) in [6.45, 7) is 0. The number of aromatic carboxylic acids is 1. The van der Waals surface area contributed by atoms with E-state index in [0.29, 0.717) is 0 Å². The van der Waals surface area contributed by atoms with Gasteiger partial charge >= 0.3 is 5.97 Å². The first-order valence-electron chi connectivity index (χ1n) is 8.28. The Balaban J connectivity index is 0.00000280. The SMILES string of the molecule is Cl.N[C@H](c1ccccc1)[C@H](NC(=O)c1nccnc1C(=O)O)c1ccccc1. The summed E-state index contributed by atoms with van der Waals surface area (Å²) >= 11 is 0. The maximum Gasteiger partial charge on any atom is 0.356 e. The number of hydrogen-bond donors (Lipinski definition) is 3. The van der Waals surface area contributed by atoms with Crippen LogP contribution in [-0.4, -0.2) is 27.0 Å². The lowest BCUT2D eigenvalue weighted by molar-refractivity contribution is 0.0682. The number of benzene rings is 2. The molecule has 1 heterocycles. The molecule has 28 heavy (non-hydrogen) atoms. The molecule has 2 atom stereocenters. The Bertz CT molecular complexity index is 938. The summed E-state index contributed by atoms with van der Waals surface area (Å²) in [5, 5.41) is 12.1. The number of nitrogens with one attached hydrogen (secondary N) is 1. The van der Waals surface area contributed by atoms with Crippen molar-refractivity contribution in [1.29, 1.82) is 0 Å². The van der Waals surface area contributed by atoms with Gasteiger partial charge in [-0.15, -0.1) is 12.4 Å². The molecule has 3 aromatic rings. The van der Waals surface area contributed by atoms with Crippen molar-refractivity contribution < 1.29 is 14.7 Å². The molecule has 0 spiro atoms. The highest BCUT2D eigenvalue weighted by molar-refractivity contribution is 6.02. The van der Waals surface area contributed by atoms with E-state index in [4.69, 9.17) is 5.73 Å². The first-order chi connectivity index (χ1) is 13.1. The highest BCUT2D eigenvalue weighted by Crippen LogP contribution is 2.27. The van der Waals surface area contributed by atoms with Crippen molar-refractivity contribution in [3.05, 3.63) is 95.6 Å². The third kappa shape index (κ3) is 4.70. The minimum atomic E-state index is -1.32. The van der Waals surface area contributed by atoms with Crippen LogP contribution in [0.3, 0.4) is 0 Å². The smallest absolute Gasteiger partial charge is 0.356 e. The Kier molecular flexibility index (Phi) is 7.20. The highest BCUT2D eigenvalue weighted by Gasteiger charge is 2.27. The summed E-state index contributed by atoms with van der Waals surface area (Å²) in [7, 11) is 0. The van der Waals surface area contributed by atoms with Crippen molar-refractivity contribution in [3.8, 4) is 0 Å². The van der Waals surface area contributed by atoms with Crippen molar-refractivity contribution in [3.63, 3.8) is 0 Å². The molecule has 0 aliphatic rings. The van der Waals surface area contributed by atoms with E-state index < -0.39 is 29.7 Å². The van der Waals surface area contributed by atoms with Crippen LogP contribution in [0.15, 0.2) is 73.1 Å². The third-order valence-electron chi connectivity index (χ3n) is 4.10. The van der Waals surface area contributed by atoms with Gasteiger partial charge in [-0.25, -0.2) is 14.8 Å². The van der Waals surface area contributed by atoms with E-state index in [1.165, 1.54) is 12.4 Å². The largest absolute Gasteiger partial charge is 0.476 e. The second-order valence-electron chi connectivity index (χ2n) is 5.86. The molecule has 144 valence electrons. The van der Waals surface area contributed by atoms with Crippen molar-refractivity contribution in [2.24, 2.45) is 5.73 Å². The van der Waals surface area contributed by atoms with Gasteiger partial charge < -0.3 is 16.2 Å². The average Bonchev–Trinajstić information content (AvgIpc) is 2.72. The first-order valence-corrected chi connectivity index (χ1v) is 8.28. The summed E-state index contributed by atoms with van der Waals surface area (Å²) in [5.74, 6) is -1.97. The molecular formula is C20H19ClN4O3. The highest BCUT2D eigenvalue weighted by atomic mass is 35.5. The molecule has 0 radical (unpaired) electrons. The molecule has 4 N–H and O–H groups in total. The third-order valence-corrected chi connectivity index (χ3v) is 4.10. The van der Waals surface area contributed by atoms with Crippen molar-refractivity contribution in [2.45, 2.75) is 12.1 Å². The molecule has 0 saturated carbocycles. The van der Waals surface area contributed by atoms with Crippen LogP contribution in [-0.2, 0) is 0 Å². The standard InChI is InChI=1S/C20H18N4O3.ClH/c21-15(13-7-3-1-4-8-13)16(14-9-5-2-6-10-14)24-19(25)17-18(20(26)27)23-12-11-22-17;/h1-12,15-16H,21H2,(H,24,25)(H,26,27);1H/t15-,16-;/m1./s1. The maximum atomic E-state index is 12.8. The van der Waals surface area contributed by atoms with Gasteiger partial charge in [0.25, 0.3) is 5.91 Å². The number of rotatable bonds is 6. The predicted molar refractivity (Wildman–Crippen MR) is 106 cm³/mol. The number of carbonyl (C=O) groups is 2. The average molecular weight is 399 g/mol. The van der Waals surface area contributed by atoms with Crippen LogP contribution in [0.25, 0.3) is 0 Å². The number of carboxylic acid groups (broad SMARTS) is 1. The van der Waals surface area contributed by atoms with Gasteiger partial charge in [0.05, 0.1) is 12.1 Å². The van der Waals surface area contributed by atoms with E-state index in [1.807, 2.05) is 60.7 Å². The number of aromatic nitrogens is 2. The second-order valence-corrected chi connectivity index (χ2v) is 5.86. The minimum Gasteiger partial charge on any atom is -0.476 e. The number of nitrogens with two attached hydrogens (primary N) is 1. The molecule has 7 nitrogen and oxygen atoms in total. The Morgan fingerprint density at radius 2 is 1.36 bits per heavy atom. The van der Waals surface area contributed by atoms with Crippen LogP contribution < -0.4 is 11.1 Å². The van der Waals surface area contributed by atoms with Gasteiger partial charge in [0, 0.05) is 12.4 Å². The summed E-state index contributed by atoms with van der Waals surface area (Å²) < 4.78 is 0. The summed E-state index contributed by atoms with van der Waals surface area (Å²) in [6.07, 6.45) is 2.50. The topological polar surface area (TPSA) is 118 Å². The van der Waals surface area contributed by atoms with Gasteiger partial charge in [0.15, 0.2) is 11.4 Å². The Morgan fingerprint density at radius 3 is 1.89 bits per heavy atom. The fourth-order valence-corrected chi connectivity index (χ4v) is 2.78. The second kappa shape index (κ2) is 9.59. The molecule has 2 aromatic carbocycles. The fraction of sp³-hybridized carbons (Fsp3) is 0.100. The summed E-state index contributed by atoms with van der Waals surface area (Å²) in [5.41, 5.74) is 7.39. The number of amides is 1. The summed E-state index contributed by atoms with van der Waals surface area (Å²) in [6, 6.07) is 17.5. The zero-order chi connectivity index (χ0) is 19.2. The monoisotopic (exact) mass is 398 g/mol. The Hall–Kier alpha value is -3.29. The van der Waals surface area contributed by atoms with Crippen molar-refractivity contribution >= 4 is 24.3 Å². The summed E-state index contributed by atoms with van der Waals surface area (Å²) in [4.78, 5) is 31.7. The Morgan fingerprint density at radius 1 is 0.857 bits per heavy atom. The molecule has 1 aromatic heterocycles. The lowest BCUT2D eigenvalue weighted by atomic mass is 9.94. The normalized spacial score (nSPS) is 12.3. The number of nitrogens with zero attached hydrogens (tertiary/aromatic N) is 2. The molecule has 0 fully saturated rings. The van der Waals surface area contributed by atoms with E-state index in [1.54, 1.807) is 0 Å². The number of hydrogen-bond acceptors (Lipinski definition) is 5. The van der Waals surface area contributed by atoms with E-state index >= 15 is 0 Å². The van der Waals surface area contributed by atoms with Crippen molar-refractivity contribution in [2.75, 3.05) is 0 Å². The van der Waals surface area contributed by atoms with Gasteiger partial charge in [-0.3, -0.25) is 4.79 Å². The van der Waals surface area contributed by atoms with Crippen LogP contribution in [0.2, 0.25) is 0 Å². The Labute approximate surface area is 168 Å². The molecule has 0 aliphatic heterocycles. The molecule has 8 heteroatoms.